The highest BCUT2D eigenvalue weighted by Gasteiger charge is 2.21. The predicted octanol–water partition coefficient (Wildman–Crippen LogP) is 1.70. The quantitative estimate of drug-likeness (QED) is 0.843. The lowest BCUT2D eigenvalue weighted by Crippen LogP contribution is -2.36. The molecule has 0 aromatic carbocycles. The fourth-order valence-corrected chi connectivity index (χ4v) is 3.53. The third kappa shape index (κ3) is 2.86. The normalized spacial score (nSPS) is 23.7. The molecule has 1 saturated heterocycles. The number of piperidine rings is 1. The summed E-state index contributed by atoms with van der Waals surface area (Å²) in [6, 6.07) is 5.55. The van der Waals surface area contributed by atoms with Gasteiger partial charge < -0.3 is 5.32 Å². The van der Waals surface area contributed by atoms with Crippen molar-refractivity contribution in [3.63, 3.8) is 0 Å². The molecule has 1 N–H and O–H groups in total. The van der Waals surface area contributed by atoms with E-state index in [2.05, 4.69) is 26.2 Å². The van der Waals surface area contributed by atoms with Gasteiger partial charge in [-0.3, -0.25) is 4.21 Å². The molecule has 2 heterocycles. The molecule has 5 heteroatoms. The van der Waals surface area contributed by atoms with Crippen LogP contribution in [0.15, 0.2) is 27.8 Å². The Bertz CT molecular complexity index is 366. The fourth-order valence-electron chi connectivity index (χ4n) is 1.68. The van der Waals surface area contributed by atoms with Gasteiger partial charge in [0, 0.05) is 6.54 Å². The second-order valence-electron chi connectivity index (χ2n) is 3.56. The minimum atomic E-state index is -0.984. The smallest absolute Gasteiger partial charge is 0.128 e. The van der Waals surface area contributed by atoms with Gasteiger partial charge in [-0.1, -0.05) is 6.07 Å². The molecule has 2 atom stereocenters. The Labute approximate surface area is 100 Å². The van der Waals surface area contributed by atoms with E-state index in [-0.39, 0.29) is 5.25 Å². The van der Waals surface area contributed by atoms with Crippen LogP contribution in [0.1, 0.15) is 12.8 Å². The molecule has 0 spiro atoms. The average Bonchev–Trinajstić information content (AvgIpc) is 2.29. The van der Waals surface area contributed by atoms with Gasteiger partial charge in [-0.25, -0.2) is 4.98 Å². The van der Waals surface area contributed by atoms with Gasteiger partial charge in [0.15, 0.2) is 0 Å². The van der Waals surface area contributed by atoms with E-state index in [0.717, 1.165) is 30.5 Å². The van der Waals surface area contributed by atoms with Gasteiger partial charge in [-0.05, 0) is 47.4 Å². The molecule has 82 valence electrons. The number of nitrogens with zero attached hydrogens (tertiary/aromatic N) is 1. The van der Waals surface area contributed by atoms with Crippen LogP contribution in [0.3, 0.4) is 0 Å². The van der Waals surface area contributed by atoms with Gasteiger partial charge in [0.05, 0.1) is 16.0 Å². The zero-order chi connectivity index (χ0) is 10.7. The van der Waals surface area contributed by atoms with E-state index in [4.69, 9.17) is 0 Å². The van der Waals surface area contributed by atoms with E-state index in [0.29, 0.717) is 5.03 Å². The zero-order valence-corrected chi connectivity index (χ0v) is 10.7. The highest BCUT2D eigenvalue weighted by Crippen LogP contribution is 2.17. The molecule has 15 heavy (non-hydrogen) atoms. The molecule has 1 aliphatic rings. The first kappa shape index (κ1) is 11.2. The summed E-state index contributed by atoms with van der Waals surface area (Å²) in [7, 11) is -0.984. The molecule has 1 aliphatic heterocycles. The lowest BCUT2D eigenvalue weighted by molar-refractivity contribution is 0.519. The Morgan fingerprint density at radius 2 is 2.40 bits per heavy atom. The van der Waals surface area contributed by atoms with Crippen molar-refractivity contribution in [3.8, 4) is 0 Å². The summed E-state index contributed by atoms with van der Waals surface area (Å²) in [5, 5.41) is 4.16. The van der Waals surface area contributed by atoms with Crippen molar-refractivity contribution in [1.82, 2.24) is 10.3 Å². The van der Waals surface area contributed by atoms with Crippen molar-refractivity contribution in [1.29, 1.82) is 0 Å². The first-order chi connectivity index (χ1) is 7.27. The molecule has 0 bridgehead atoms. The van der Waals surface area contributed by atoms with Crippen LogP contribution in [0.25, 0.3) is 0 Å². The summed E-state index contributed by atoms with van der Waals surface area (Å²) in [6.45, 7) is 1.88. The van der Waals surface area contributed by atoms with Gasteiger partial charge in [0.1, 0.15) is 9.63 Å². The topological polar surface area (TPSA) is 42.0 Å². The van der Waals surface area contributed by atoms with E-state index in [1.54, 1.807) is 0 Å². The van der Waals surface area contributed by atoms with Crippen molar-refractivity contribution in [3.05, 3.63) is 22.8 Å². The third-order valence-electron chi connectivity index (χ3n) is 2.45. The molecule has 0 amide bonds. The first-order valence-electron chi connectivity index (χ1n) is 5.01. The highest BCUT2D eigenvalue weighted by molar-refractivity contribution is 9.10. The molecule has 1 aromatic rings. The van der Waals surface area contributed by atoms with Crippen LogP contribution in [0.4, 0.5) is 0 Å². The Morgan fingerprint density at radius 1 is 1.53 bits per heavy atom. The summed E-state index contributed by atoms with van der Waals surface area (Å²) >= 11 is 3.29. The van der Waals surface area contributed by atoms with E-state index in [9.17, 15) is 4.21 Å². The van der Waals surface area contributed by atoms with Gasteiger partial charge in [-0.2, -0.15) is 0 Å². The van der Waals surface area contributed by atoms with Crippen molar-refractivity contribution >= 4 is 26.7 Å². The number of nitrogens with one attached hydrogen (secondary N) is 1. The monoisotopic (exact) mass is 288 g/mol. The fraction of sp³-hybridized carbons (Fsp3) is 0.500. The van der Waals surface area contributed by atoms with Gasteiger partial charge in [-0.15, -0.1) is 0 Å². The minimum absolute atomic E-state index is 0.209. The SMILES string of the molecule is O=[S@@](c1cccc(Br)n1)[C@@H]1CCCNC1. The first-order valence-corrected chi connectivity index (χ1v) is 7.02. The molecule has 0 unspecified atom stereocenters. The molecule has 3 nitrogen and oxygen atoms in total. The number of pyridine rings is 1. The molecule has 1 fully saturated rings. The lowest BCUT2D eigenvalue weighted by atomic mass is 10.2. The molecular weight excluding hydrogens is 276 g/mol. The molecule has 1 aromatic heterocycles. The number of hydrogen-bond acceptors (Lipinski definition) is 3. The average molecular weight is 289 g/mol. The van der Waals surface area contributed by atoms with Crippen molar-refractivity contribution < 1.29 is 4.21 Å². The summed E-state index contributed by atoms with van der Waals surface area (Å²) in [5.74, 6) is 0. The summed E-state index contributed by atoms with van der Waals surface area (Å²) in [5.41, 5.74) is 0. The van der Waals surface area contributed by atoms with Crippen LogP contribution in [-0.2, 0) is 10.8 Å². The molecular formula is C10H13BrN2OS. The lowest BCUT2D eigenvalue weighted by Gasteiger charge is -2.21. The highest BCUT2D eigenvalue weighted by atomic mass is 79.9. The van der Waals surface area contributed by atoms with E-state index < -0.39 is 10.8 Å². The summed E-state index contributed by atoms with van der Waals surface area (Å²) in [4.78, 5) is 4.24. The largest absolute Gasteiger partial charge is 0.316 e. The van der Waals surface area contributed by atoms with E-state index in [1.807, 2.05) is 18.2 Å². The Balaban J connectivity index is 2.12. The zero-order valence-electron chi connectivity index (χ0n) is 8.28. The molecule has 0 aliphatic carbocycles. The Hall–Kier alpha value is -0.260. The maximum absolute atomic E-state index is 12.1. The summed E-state index contributed by atoms with van der Waals surface area (Å²) < 4.78 is 12.9. The van der Waals surface area contributed by atoms with Crippen LogP contribution in [0, 0.1) is 0 Å². The van der Waals surface area contributed by atoms with Crippen LogP contribution in [-0.4, -0.2) is 27.5 Å². The minimum Gasteiger partial charge on any atom is -0.316 e. The van der Waals surface area contributed by atoms with E-state index in [1.165, 1.54) is 0 Å². The number of halogens is 1. The van der Waals surface area contributed by atoms with Crippen molar-refractivity contribution in [2.75, 3.05) is 13.1 Å². The Kier molecular flexibility index (Phi) is 3.88. The van der Waals surface area contributed by atoms with E-state index >= 15 is 0 Å². The number of aromatic nitrogens is 1. The van der Waals surface area contributed by atoms with Gasteiger partial charge in [0.25, 0.3) is 0 Å². The standard InChI is InChI=1S/C10H13BrN2OS/c11-9-4-1-5-10(13-9)15(14)8-3-2-6-12-7-8/h1,4-5,8,12H,2-3,6-7H2/t8-,15-/m1/s1. The third-order valence-corrected chi connectivity index (χ3v) is 4.54. The van der Waals surface area contributed by atoms with Gasteiger partial charge in [0.2, 0.25) is 0 Å². The van der Waals surface area contributed by atoms with Crippen LogP contribution < -0.4 is 5.32 Å². The number of rotatable bonds is 2. The van der Waals surface area contributed by atoms with Crippen LogP contribution in [0.5, 0.6) is 0 Å². The maximum Gasteiger partial charge on any atom is 0.128 e. The van der Waals surface area contributed by atoms with Crippen molar-refractivity contribution in [2.24, 2.45) is 0 Å². The predicted molar refractivity (Wildman–Crippen MR) is 64.2 cm³/mol. The molecule has 0 radical (unpaired) electrons. The second-order valence-corrected chi connectivity index (χ2v) is 6.06. The van der Waals surface area contributed by atoms with Gasteiger partial charge >= 0.3 is 0 Å². The molecule has 2 rings (SSSR count). The van der Waals surface area contributed by atoms with Crippen molar-refractivity contribution in [2.45, 2.75) is 23.1 Å². The number of hydrogen-bond donors (Lipinski definition) is 1. The van der Waals surface area contributed by atoms with Crippen LogP contribution in [0.2, 0.25) is 0 Å². The maximum atomic E-state index is 12.1. The Morgan fingerprint density at radius 3 is 3.07 bits per heavy atom. The van der Waals surface area contributed by atoms with Crippen LogP contribution >= 0.6 is 15.9 Å². The summed E-state index contributed by atoms with van der Waals surface area (Å²) in [6.07, 6.45) is 2.12. The molecule has 0 saturated carbocycles. The second kappa shape index (κ2) is 5.18.